The van der Waals surface area contributed by atoms with E-state index >= 15 is 0 Å². The van der Waals surface area contributed by atoms with Gasteiger partial charge in [-0.15, -0.1) is 0 Å². The van der Waals surface area contributed by atoms with E-state index in [1.54, 1.807) is 6.92 Å². The first kappa shape index (κ1) is 13.0. The third-order valence-electron chi connectivity index (χ3n) is 2.61. The predicted octanol–water partition coefficient (Wildman–Crippen LogP) is -0.375. The van der Waals surface area contributed by atoms with Crippen molar-refractivity contribution in [1.82, 2.24) is 16.0 Å². The van der Waals surface area contributed by atoms with Crippen LogP contribution in [0.15, 0.2) is 0 Å². The topological polar surface area (TPSA) is 70.2 Å². The van der Waals surface area contributed by atoms with Gasteiger partial charge in [-0.25, -0.2) is 0 Å². The highest BCUT2D eigenvalue weighted by molar-refractivity contribution is 5.88. The van der Waals surface area contributed by atoms with Crippen molar-refractivity contribution < 1.29 is 9.59 Å². The molecular formula is C11H21N3O2. The summed E-state index contributed by atoms with van der Waals surface area (Å²) < 4.78 is 0. The molecule has 5 heteroatoms. The largest absolute Gasteiger partial charge is 0.352 e. The fraction of sp³-hybridized carbons (Fsp3) is 0.818. The number of amides is 2. The Kier molecular flexibility index (Phi) is 4.73. The Hall–Kier alpha value is -1.10. The van der Waals surface area contributed by atoms with Gasteiger partial charge < -0.3 is 16.0 Å². The molecule has 1 aliphatic rings. The van der Waals surface area contributed by atoms with E-state index in [0.29, 0.717) is 6.54 Å². The quantitative estimate of drug-likeness (QED) is 0.613. The van der Waals surface area contributed by atoms with Gasteiger partial charge in [0, 0.05) is 12.6 Å². The van der Waals surface area contributed by atoms with Crippen LogP contribution in [0.4, 0.5) is 0 Å². The summed E-state index contributed by atoms with van der Waals surface area (Å²) in [7, 11) is 0. The van der Waals surface area contributed by atoms with Crippen LogP contribution in [0.5, 0.6) is 0 Å². The molecule has 2 atom stereocenters. The zero-order valence-electron chi connectivity index (χ0n) is 10.2. The van der Waals surface area contributed by atoms with Crippen LogP contribution in [0.1, 0.15) is 27.2 Å². The minimum absolute atomic E-state index is 0.00861. The number of nitrogens with one attached hydrogen (secondary N) is 3. The Bertz CT molecular complexity index is 260. The van der Waals surface area contributed by atoms with E-state index in [1.807, 2.05) is 13.8 Å². The van der Waals surface area contributed by atoms with E-state index in [4.69, 9.17) is 0 Å². The van der Waals surface area contributed by atoms with Crippen LogP contribution in [0.3, 0.4) is 0 Å². The van der Waals surface area contributed by atoms with Crippen molar-refractivity contribution in [3.05, 3.63) is 0 Å². The minimum Gasteiger partial charge on any atom is -0.352 e. The zero-order valence-corrected chi connectivity index (χ0v) is 10.2. The van der Waals surface area contributed by atoms with Crippen LogP contribution < -0.4 is 16.0 Å². The highest BCUT2D eigenvalue weighted by Crippen LogP contribution is 2.07. The molecule has 0 aromatic rings. The molecule has 2 amide bonds. The molecule has 0 bridgehead atoms. The molecule has 1 aliphatic heterocycles. The van der Waals surface area contributed by atoms with Crippen molar-refractivity contribution in [3.63, 3.8) is 0 Å². The first-order valence-electron chi connectivity index (χ1n) is 5.82. The van der Waals surface area contributed by atoms with E-state index < -0.39 is 6.04 Å². The van der Waals surface area contributed by atoms with Crippen LogP contribution in [0.25, 0.3) is 0 Å². The molecule has 1 rings (SSSR count). The molecule has 1 heterocycles. The highest BCUT2D eigenvalue weighted by Gasteiger charge is 2.25. The number of hydrogen-bond donors (Lipinski definition) is 3. The third kappa shape index (κ3) is 3.81. The van der Waals surface area contributed by atoms with Gasteiger partial charge in [-0.05, 0) is 33.7 Å². The molecule has 0 aliphatic carbocycles. The second kappa shape index (κ2) is 5.84. The van der Waals surface area contributed by atoms with Gasteiger partial charge in [0.2, 0.25) is 11.8 Å². The van der Waals surface area contributed by atoms with Crippen LogP contribution >= 0.6 is 0 Å². The molecule has 5 nitrogen and oxygen atoms in total. The molecule has 1 fully saturated rings. The molecule has 0 aromatic heterocycles. The lowest BCUT2D eigenvalue weighted by Gasteiger charge is -2.17. The average molecular weight is 227 g/mol. The number of hydrogen-bond acceptors (Lipinski definition) is 3. The fourth-order valence-electron chi connectivity index (χ4n) is 1.68. The molecule has 2 unspecified atom stereocenters. The second-order valence-corrected chi connectivity index (χ2v) is 4.58. The van der Waals surface area contributed by atoms with Crippen molar-refractivity contribution in [2.75, 3.05) is 13.1 Å². The first-order valence-corrected chi connectivity index (χ1v) is 5.82. The van der Waals surface area contributed by atoms with Gasteiger partial charge >= 0.3 is 0 Å². The van der Waals surface area contributed by atoms with Gasteiger partial charge in [-0.3, -0.25) is 9.59 Å². The van der Waals surface area contributed by atoms with E-state index in [2.05, 4.69) is 16.0 Å². The lowest BCUT2D eigenvalue weighted by atomic mass is 10.1. The minimum atomic E-state index is -0.463. The van der Waals surface area contributed by atoms with E-state index in [9.17, 15) is 9.59 Å². The maximum absolute atomic E-state index is 11.7. The van der Waals surface area contributed by atoms with Crippen LogP contribution in [-0.4, -0.2) is 37.0 Å². The highest BCUT2D eigenvalue weighted by atomic mass is 16.2. The zero-order chi connectivity index (χ0) is 12.1. The molecular weight excluding hydrogens is 206 g/mol. The summed E-state index contributed by atoms with van der Waals surface area (Å²) in [5.41, 5.74) is 0. The third-order valence-corrected chi connectivity index (χ3v) is 2.61. The summed E-state index contributed by atoms with van der Waals surface area (Å²) in [5.74, 6) is -0.153. The molecule has 0 radical (unpaired) electrons. The van der Waals surface area contributed by atoms with E-state index in [0.717, 1.165) is 13.0 Å². The maximum atomic E-state index is 11.7. The standard InChI is InChI=1S/C11H21N3O2/c1-7(2)13-10(15)8(3)14-11(16)9-4-5-12-6-9/h7-9,12H,4-6H2,1-3H3,(H,13,15)(H,14,16). The molecule has 1 saturated heterocycles. The first-order chi connectivity index (χ1) is 7.50. The van der Waals surface area contributed by atoms with E-state index in [-0.39, 0.29) is 23.8 Å². The molecule has 0 spiro atoms. The molecule has 0 saturated carbocycles. The summed E-state index contributed by atoms with van der Waals surface area (Å²) in [5, 5.41) is 8.63. The number of carbonyl (C=O) groups is 2. The summed E-state index contributed by atoms with van der Waals surface area (Å²) in [6.45, 7) is 7.09. The van der Waals surface area contributed by atoms with Gasteiger partial charge in [0.05, 0.1) is 5.92 Å². The number of rotatable bonds is 4. The summed E-state index contributed by atoms with van der Waals surface area (Å²) in [6.07, 6.45) is 0.852. The van der Waals surface area contributed by atoms with Crippen LogP contribution in [0.2, 0.25) is 0 Å². The van der Waals surface area contributed by atoms with Gasteiger partial charge in [0.25, 0.3) is 0 Å². The lowest BCUT2D eigenvalue weighted by molar-refractivity contribution is -0.130. The van der Waals surface area contributed by atoms with Gasteiger partial charge in [-0.1, -0.05) is 0 Å². The predicted molar refractivity (Wildman–Crippen MR) is 61.9 cm³/mol. The fourth-order valence-corrected chi connectivity index (χ4v) is 1.68. The Labute approximate surface area is 96.4 Å². The van der Waals surface area contributed by atoms with E-state index in [1.165, 1.54) is 0 Å². The Morgan fingerprint density at radius 3 is 2.44 bits per heavy atom. The second-order valence-electron chi connectivity index (χ2n) is 4.58. The molecule has 0 aromatic carbocycles. The SMILES string of the molecule is CC(C)NC(=O)C(C)NC(=O)C1CCNC1. The van der Waals surface area contributed by atoms with Crippen molar-refractivity contribution >= 4 is 11.8 Å². The molecule has 16 heavy (non-hydrogen) atoms. The average Bonchev–Trinajstić information content (AvgIpc) is 2.68. The van der Waals surface area contributed by atoms with Crippen molar-refractivity contribution in [2.24, 2.45) is 5.92 Å². The summed E-state index contributed by atoms with van der Waals surface area (Å²) in [6, 6.07) is -0.365. The normalized spacial score (nSPS) is 21.9. The van der Waals surface area contributed by atoms with Crippen molar-refractivity contribution in [2.45, 2.75) is 39.3 Å². The van der Waals surface area contributed by atoms with Crippen molar-refractivity contribution in [1.29, 1.82) is 0 Å². The maximum Gasteiger partial charge on any atom is 0.242 e. The van der Waals surface area contributed by atoms with Crippen LogP contribution in [0, 0.1) is 5.92 Å². The van der Waals surface area contributed by atoms with Gasteiger partial charge in [-0.2, -0.15) is 0 Å². The Morgan fingerprint density at radius 2 is 1.94 bits per heavy atom. The number of carbonyl (C=O) groups excluding carboxylic acids is 2. The van der Waals surface area contributed by atoms with Crippen LogP contribution in [-0.2, 0) is 9.59 Å². The molecule has 92 valence electrons. The summed E-state index contributed by atoms with van der Waals surface area (Å²) in [4.78, 5) is 23.3. The van der Waals surface area contributed by atoms with Gasteiger partial charge in [0.15, 0.2) is 0 Å². The Morgan fingerprint density at radius 1 is 1.25 bits per heavy atom. The summed E-state index contributed by atoms with van der Waals surface area (Å²) >= 11 is 0. The molecule has 3 N–H and O–H groups in total. The van der Waals surface area contributed by atoms with Gasteiger partial charge in [0.1, 0.15) is 6.04 Å². The van der Waals surface area contributed by atoms with Crippen molar-refractivity contribution in [3.8, 4) is 0 Å². The monoisotopic (exact) mass is 227 g/mol. The smallest absolute Gasteiger partial charge is 0.242 e. The Balaban J connectivity index is 2.35. The lowest BCUT2D eigenvalue weighted by Crippen LogP contribution is -2.48.